The number of hydrogen-bond donors (Lipinski definition) is 1. The molecule has 90 valence electrons. The van der Waals surface area contributed by atoms with Crippen molar-refractivity contribution in [2.75, 3.05) is 5.32 Å². The molecule has 1 atom stereocenters. The molecule has 4 heteroatoms. The van der Waals surface area contributed by atoms with Gasteiger partial charge in [0.15, 0.2) is 0 Å². The number of allylic oxidation sites excluding steroid dienone is 2. The summed E-state index contributed by atoms with van der Waals surface area (Å²) in [4.78, 5) is 11.7. The van der Waals surface area contributed by atoms with E-state index in [2.05, 4.69) is 11.4 Å². The van der Waals surface area contributed by atoms with E-state index in [1.165, 1.54) is 12.1 Å². The Morgan fingerprint density at radius 1 is 1.53 bits per heavy atom. The second-order valence-electron chi connectivity index (χ2n) is 4.14. The van der Waals surface area contributed by atoms with Gasteiger partial charge in [0.1, 0.15) is 5.82 Å². The van der Waals surface area contributed by atoms with E-state index in [1.54, 1.807) is 6.07 Å². The Kier molecular flexibility index (Phi) is 3.79. The number of benzene rings is 1. The maximum Gasteiger partial charge on any atom is 0.225 e. The average Bonchev–Trinajstić information content (AvgIpc) is 2.75. The quantitative estimate of drug-likeness (QED) is 0.817. The Bertz CT molecular complexity index is 459. The predicted octanol–water partition coefficient (Wildman–Crippen LogP) is 3.77. The monoisotopic (exact) mass is 253 g/mol. The second-order valence-corrected chi connectivity index (χ2v) is 4.58. The smallest absolute Gasteiger partial charge is 0.225 e. The Morgan fingerprint density at radius 2 is 2.35 bits per heavy atom. The SMILES string of the molecule is O=C(CC1C=CCC1)Nc1ccc(Cl)cc1F. The van der Waals surface area contributed by atoms with E-state index >= 15 is 0 Å². The molecule has 0 saturated heterocycles. The lowest BCUT2D eigenvalue weighted by atomic mass is 10.1. The van der Waals surface area contributed by atoms with E-state index in [4.69, 9.17) is 11.6 Å². The number of hydrogen-bond acceptors (Lipinski definition) is 1. The van der Waals surface area contributed by atoms with Gasteiger partial charge in [-0.15, -0.1) is 0 Å². The highest BCUT2D eigenvalue weighted by Gasteiger charge is 2.15. The van der Waals surface area contributed by atoms with Gasteiger partial charge in [-0.25, -0.2) is 4.39 Å². The van der Waals surface area contributed by atoms with Crippen LogP contribution in [0.15, 0.2) is 30.4 Å². The first-order valence-electron chi connectivity index (χ1n) is 5.57. The summed E-state index contributed by atoms with van der Waals surface area (Å²) < 4.78 is 13.4. The fourth-order valence-electron chi connectivity index (χ4n) is 1.90. The zero-order valence-corrected chi connectivity index (χ0v) is 10.0. The number of carbonyl (C=O) groups is 1. The Labute approximate surface area is 104 Å². The van der Waals surface area contributed by atoms with E-state index in [9.17, 15) is 9.18 Å². The largest absolute Gasteiger partial charge is 0.324 e. The number of halogens is 2. The molecule has 1 aliphatic carbocycles. The van der Waals surface area contributed by atoms with Crippen molar-refractivity contribution in [1.82, 2.24) is 0 Å². The van der Waals surface area contributed by atoms with Crippen molar-refractivity contribution in [2.24, 2.45) is 5.92 Å². The van der Waals surface area contributed by atoms with Gasteiger partial charge in [-0.3, -0.25) is 4.79 Å². The highest BCUT2D eigenvalue weighted by molar-refractivity contribution is 6.30. The van der Waals surface area contributed by atoms with Gasteiger partial charge in [-0.1, -0.05) is 23.8 Å². The molecule has 0 fully saturated rings. The van der Waals surface area contributed by atoms with Crippen LogP contribution in [-0.2, 0) is 4.79 Å². The van der Waals surface area contributed by atoms with Crippen molar-refractivity contribution < 1.29 is 9.18 Å². The van der Waals surface area contributed by atoms with E-state index in [1.807, 2.05) is 6.08 Å². The Morgan fingerprint density at radius 3 is 3.00 bits per heavy atom. The average molecular weight is 254 g/mol. The molecule has 0 heterocycles. The Hall–Kier alpha value is -1.35. The molecular formula is C13H13ClFNO. The van der Waals surface area contributed by atoms with E-state index in [0.29, 0.717) is 11.4 Å². The molecule has 1 aliphatic rings. The topological polar surface area (TPSA) is 29.1 Å². The highest BCUT2D eigenvalue weighted by Crippen LogP contribution is 2.22. The van der Waals surface area contributed by atoms with Crippen molar-refractivity contribution in [3.8, 4) is 0 Å². The Balaban J connectivity index is 1.95. The number of carbonyl (C=O) groups excluding carboxylic acids is 1. The number of amides is 1. The number of rotatable bonds is 3. The fraction of sp³-hybridized carbons (Fsp3) is 0.308. The van der Waals surface area contributed by atoms with Crippen molar-refractivity contribution in [2.45, 2.75) is 19.3 Å². The molecule has 1 aromatic carbocycles. The summed E-state index contributed by atoms with van der Waals surface area (Å²) in [5, 5.41) is 2.88. The van der Waals surface area contributed by atoms with Crippen LogP contribution in [0.3, 0.4) is 0 Å². The summed E-state index contributed by atoms with van der Waals surface area (Å²) in [5.41, 5.74) is 0.182. The molecule has 2 nitrogen and oxygen atoms in total. The zero-order chi connectivity index (χ0) is 12.3. The van der Waals surface area contributed by atoms with Gasteiger partial charge in [-0.2, -0.15) is 0 Å². The van der Waals surface area contributed by atoms with Crippen LogP contribution in [0.25, 0.3) is 0 Å². The molecular weight excluding hydrogens is 241 g/mol. The molecule has 1 unspecified atom stereocenters. The molecule has 0 spiro atoms. The van der Waals surface area contributed by atoms with Crippen LogP contribution in [-0.4, -0.2) is 5.91 Å². The van der Waals surface area contributed by atoms with Gasteiger partial charge in [-0.05, 0) is 37.0 Å². The number of nitrogens with one attached hydrogen (secondary N) is 1. The van der Waals surface area contributed by atoms with Crippen LogP contribution in [0.4, 0.5) is 10.1 Å². The molecule has 0 aliphatic heterocycles. The molecule has 0 saturated carbocycles. The number of anilines is 1. The maximum absolute atomic E-state index is 13.4. The summed E-state index contributed by atoms with van der Waals surface area (Å²) in [6.45, 7) is 0. The summed E-state index contributed by atoms with van der Waals surface area (Å²) in [7, 11) is 0. The van der Waals surface area contributed by atoms with Crippen LogP contribution in [0, 0.1) is 11.7 Å². The third-order valence-corrected chi connectivity index (χ3v) is 3.00. The molecule has 2 rings (SSSR count). The van der Waals surface area contributed by atoms with Crippen LogP contribution in [0.1, 0.15) is 19.3 Å². The van der Waals surface area contributed by atoms with Gasteiger partial charge >= 0.3 is 0 Å². The molecule has 0 radical (unpaired) electrons. The standard InChI is InChI=1S/C13H13ClFNO/c14-10-5-6-12(11(15)8-10)16-13(17)7-9-3-1-2-4-9/h1,3,5-6,8-9H,2,4,7H2,(H,16,17). The third-order valence-electron chi connectivity index (χ3n) is 2.77. The normalized spacial score (nSPS) is 18.4. The first kappa shape index (κ1) is 12.1. The van der Waals surface area contributed by atoms with E-state index < -0.39 is 5.82 Å². The van der Waals surface area contributed by atoms with Crippen LogP contribution in [0.2, 0.25) is 5.02 Å². The van der Waals surface area contributed by atoms with Gasteiger partial charge in [0.05, 0.1) is 5.69 Å². The minimum Gasteiger partial charge on any atom is -0.324 e. The van der Waals surface area contributed by atoms with E-state index in [0.717, 1.165) is 12.8 Å². The maximum atomic E-state index is 13.4. The van der Waals surface area contributed by atoms with Crippen LogP contribution in [0.5, 0.6) is 0 Å². The zero-order valence-electron chi connectivity index (χ0n) is 9.25. The first-order chi connectivity index (χ1) is 8.15. The van der Waals surface area contributed by atoms with Gasteiger partial charge in [0, 0.05) is 11.4 Å². The summed E-state index contributed by atoms with van der Waals surface area (Å²) in [6.07, 6.45) is 6.53. The molecule has 1 N–H and O–H groups in total. The minimum atomic E-state index is -0.507. The van der Waals surface area contributed by atoms with Crippen molar-refractivity contribution >= 4 is 23.2 Å². The van der Waals surface area contributed by atoms with Gasteiger partial charge in [0.25, 0.3) is 0 Å². The first-order valence-corrected chi connectivity index (χ1v) is 5.94. The molecule has 1 amide bonds. The van der Waals surface area contributed by atoms with Crippen LogP contribution < -0.4 is 5.32 Å². The minimum absolute atomic E-state index is 0.164. The second kappa shape index (κ2) is 5.32. The predicted molar refractivity (Wildman–Crippen MR) is 66.5 cm³/mol. The van der Waals surface area contributed by atoms with Gasteiger partial charge in [0.2, 0.25) is 5.91 Å². The summed E-state index contributed by atoms with van der Waals surface area (Å²) in [5.74, 6) is -0.388. The third kappa shape index (κ3) is 3.30. The lowest BCUT2D eigenvalue weighted by Gasteiger charge is -2.09. The van der Waals surface area contributed by atoms with Crippen molar-refractivity contribution in [3.63, 3.8) is 0 Å². The van der Waals surface area contributed by atoms with Crippen molar-refractivity contribution in [1.29, 1.82) is 0 Å². The molecule has 1 aromatic rings. The van der Waals surface area contributed by atoms with Gasteiger partial charge < -0.3 is 5.32 Å². The highest BCUT2D eigenvalue weighted by atomic mass is 35.5. The fourth-order valence-corrected chi connectivity index (χ4v) is 2.05. The van der Waals surface area contributed by atoms with Crippen LogP contribution >= 0.6 is 11.6 Å². The molecule has 17 heavy (non-hydrogen) atoms. The lowest BCUT2D eigenvalue weighted by molar-refractivity contribution is -0.116. The summed E-state index contributed by atoms with van der Waals surface area (Å²) >= 11 is 5.63. The van der Waals surface area contributed by atoms with E-state index in [-0.39, 0.29) is 17.5 Å². The molecule has 0 bridgehead atoms. The molecule has 0 aromatic heterocycles. The lowest BCUT2D eigenvalue weighted by Crippen LogP contribution is -2.15. The summed E-state index contributed by atoms with van der Waals surface area (Å²) in [6, 6.07) is 4.21. The van der Waals surface area contributed by atoms with Crippen molar-refractivity contribution in [3.05, 3.63) is 41.2 Å².